The van der Waals surface area contributed by atoms with Gasteiger partial charge in [0.2, 0.25) is 5.95 Å². The molecule has 2 aliphatic carbocycles. The third kappa shape index (κ3) is 2.25. The maximum Gasteiger partial charge on any atom is 0.226 e. The molecule has 3 rings (SSSR count). The topological polar surface area (TPSA) is 36.9 Å². The van der Waals surface area contributed by atoms with Crippen molar-refractivity contribution in [3.8, 4) is 0 Å². The first-order valence-corrected chi connectivity index (χ1v) is 7.01. The van der Waals surface area contributed by atoms with Crippen LogP contribution in [-0.2, 0) is 0 Å². The van der Waals surface area contributed by atoms with Gasteiger partial charge < -0.3 is 4.90 Å². The van der Waals surface area contributed by atoms with Gasteiger partial charge in [-0.15, -0.1) is 5.10 Å². The molecule has 17 heavy (non-hydrogen) atoms. The molecule has 2 aliphatic rings. The van der Waals surface area contributed by atoms with Gasteiger partial charge >= 0.3 is 0 Å². The Morgan fingerprint density at radius 2 is 2.12 bits per heavy atom. The number of hydrogen-bond donors (Lipinski definition) is 1. The van der Waals surface area contributed by atoms with E-state index in [9.17, 15) is 0 Å². The molecule has 0 amide bonds. The van der Waals surface area contributed by atoms with E-state index < -0.39 is 0 Å². The van der Waals surface area contributed by atoms with E-state index in [-0.39, 0.29) is 0 Å². The largest absolute Gasteiger partial charge is 0.338 e. The second-order valence-electron chi connectivity index (χ2n) is 5.62. The van der Waals surface area contributed by atoms with Gasteiger partial charge in [-0.25, -0.2) is 5.10 Å². The van der Waals surface area contributed by atoms with Gasteiger partial charge in [0.25, 0.3) is 0 Å². The minimum absolute atomic E-state index is 0.372. The lowest BCUT2D eigenvalue weighted by molar-refractivity contribution is 0.568. The molecule has 2 fully saturated rings. The smallest absolute Gasteiger partial charge is 0.226 e. The first-order valence-electron chi connectivity index (χ1n) is 6.60. The first kappa shape index (κ1) is 11.3. The first-order chi connectivity index (χ1) is 8.16. The molecule has 5 heteroatoms. The van der Waals surface area contributed by atoms with Crippen LogP contribution in [0, 0.1) is 10.7 Å². The van der Waals surface area contributed by atoms with E-state index >= 15 is 0 Å². The fourth-order valence-electron chi connectivity index (χ4n) is 2.32. The van der Waals surface area contributed by atoms with Gasteiger partial charge in [0.05, 0.1) is 0 Å². The molecule has 0 saturated heterocycles. The molecule has 4 nitrogen and oxygen atoms in total. The van der Waals surface area contributed by atoms with E-state index in [1.54, 1.807) is 0 Å². The Morgan fingerprint density at radius 1 is 1.41 bits per heavy atom. The molecule has 1 heterocycles. The Balaban J connectivity index is 1.91. The Morgan fingerprint density at radius 3 is 2.65 bits per heavy atom. The van der Waals surface area contributed by atoms with Gasteiger partial charge in [-0.05, 0) is 57.7 Å². The highest BCUT2D eigenvalue weighted by Gasteiger charge is 2.36. The van der Waals surface area contributed by atoms with Crippen LogP contribution < -0.4 is 4.90 Å². The van der Waals surface area contributed by atoms with Crippen molar-refractivity contribution < 1.29 is 0 Å². The Hall–Kier alpha value is -0.840. The Bertz CT molecular complexity index is 453. The van der Waals surface area contributed by atoms with E-state index in [1.165, 1.54) is 25.7 Å². The summed E-state index contributed by atoms with van der Waals surface area (Å²) in [6.07, 6.45) is 5.39. The predicted octanol–water partition coefficient (Wildman–Crippen LogP) is 2.90. The molecular formula is C12H20N4S. The molecule has 0 atom stereocenters. The summed E-state index contributed by atoms with van der Waals surface area (Å²) in [5.41, 5.74) is 0. The summed E-state index contributed by atoms with van der Waals surface area (Å²) in [5, 5.41) is 7.40. The fourth-order valence-corrected chi connectivity index (χ4v) is 2.66. The highest BCUT2D eigenvalue weighted by Crippen LogP contribution is 2.37. The number of nitrogens with zero attached hydrogens (tertiary/aromatic N) is 3. The molecule has 2 saturated carbocycles. The van der Waals surface area contributed by atoms with Gasteiger partial charge in [-0.3, -0.25) is 4.57 Å². The van der Waals surface area contributed by atoms with Crippen LogP contribution in [0.4, 0.5) is 5.95 Å². The van der Waals surface area contributed by atoms with Crippen molar-refractivity contribution in [2.24, 2.45) is 5.92 Å². The third-order valence-electron chi connectivity index (χ3n) is 3.60. The summed E-state index contributed by atoms with van der Waals surface area (Å²) >= 11 is 5.32. The lowest BCUT2D eigenvalue weighted by Crippen LogP contribution is -2.31. The quantitative estimate of drug-likeness (QED) is 0.819. The van der Waals surface area contributed by atoms with Crippen molar-refractivity contribution >= 4 is 18.2 Å². The Kier molecular flexibility index (Phi) is 2.73. The summed E-state index contributed by atoms with van der Waals surface area (Å²) in [4.78, 5) is 2.48. The molecule has 0 aromatic carbocycles. The summed E-state index contributed by atoms with van der Waals surface area (Å²) < 4.78 is 2.90. The molecule has 0 aliphatic heterocycles. The minimum atomic E-state index is 0.372. The van der Waals surface area contributed by atoms with Crippen molar-refractivity contribution in [1.29, 1.82) is 0 Å². The molecule has 0 spiro atoms. The highest BCUT2D eigenvalue weighted by atomic mass is 32.1. The zero-order valence-electron chi connectivity index (χ0n) is 10.5. The normalized spacial score (nSPS) is 19.9. The predicted molar refractivity (Wildman–Crippen MR) is 70.9 cm³/mol. The van der Waals surface area contributed by atoms with Gasteiger partial charge in [-0.1, -0.05) is 0 Å². The van der Waals surface area contributed by atoms with Crippen LogP contribution in [0.2, 0.25) is 0 Å². The highest BCUT2D eigenvalue weighted by molar-refractivity contribution is 7.71. The second-order valence-corrected chi connectivity index (χ2v) is 6.01. The van der Waals surface area contributed by atoms with Crippen molar-refractivity contribution in [3.63, 3.8) is 0 Å². The SMILES string of the molecule is CC(C)n1c(N(CC2CC2)C2CC2)n[nH]c1=S. The van der Waals surface area contributed by atoms with E-state index in [4.69, 9.17) is 12.2 Å². The molecule has 0 radical (unpaired) electrons. The number of aromatic amines is 1. The number of aromatic nitrogens is 3. The average molecular weight is 252 g/mol. The summed E-state index contributed by atoms with van der Waals surface area (Å²) in [6, 6.07) is 1.08. The van der Waals surface area contributed by atoms with Crippen molar-refractivity contribution in [2.45, 2.75) is 51.6 Å². The standard InChI is InChI=1S/C12H20N4S/c1-8(2)16-11(13-14-12(16)17)15(10-5-6-10)7-9-3-4-9/h8-10H,3-7H2,1-2H3,(H,14,17). The van der Waals surface area contributed by atoms with Crippen LogP contribution >= 0.6 is 12.2 Å². The molecule has 1 N–H and O–H groups in total. The maximum atomic E-state index is 5.32. The summed E-state index contributed by atoms with van der Waals surface area (Å²) in [5.74, 6) is 1.95. The van der Waals surface area contributed by atoms with Gasteiger partial charge in [0, 0.05) is 18.6 Å². The number of nitrogens with one attached hydrogen (secondary N) is 1. The van der Waals surface area contributed by atoms with Gasteiger partial charge in [0.15, 0.2) is 4.77 Å². The van der Waals surface area contributed by atoms with Crippen LogP contribution in [0.15, 0.2) is 0 Å². The van der Waals surface area contributed by atoms with E-state index in [2.05, 4.69) is 33.5 Å². The number of rotatable bonds is 5. The number of anilines is 1. The maximum absolute atomic E-state index is 5.32. The van der Waals surface area contributed by atoms with Crippen molar-refractivity contribution in [1.82, 2.24) is 14.8 Å². The van der Waals surface area contributed by atoms with E-state index in [0.717, 1.165) is 23.2 Å². The number of H-pyrrole nitrogens is 1. The zero-order chi connectivity index (χ0) is 12.0. The average Bonchev–Trinajstić information content (AvgIpc) is 3.14. The fraction of sp³-hybridized carbons (Fsp3) is 0.833. The summed E-state index contributed by atoms with van der Waals surface area (Å²) in [7, 11) is 0. The van der Waals surface area contributed by atoms with E-state index in [0.29, 0.717) is 12.1 Å². The van der Waals surface area contributed by atoms with Crippen LogP contribution in [0.5, 0.6) is 0 Å². The van der Waals surface area contributed by atoms with Crippen LogP contribution in [0.3, 0.4) is 0 Å². The molecule has 1 aromatic heterocycles. The Labute approximate surface area is 107 Å². The lowest BCUT2D eigenvalue weighted by atomic mass is 10.3. The molecule has 0 bridgehead atoms. The minimum Gasteiger partial charge on any atom is -0.338 e. The van der Waals surface area contributed by atoms with Crippen molar-refractivity contribution in [2.75, 3.05) is 11.4 Å². The molecular weight excluding hydrogens is 232 g/mol. The lowest BCUT2D eigenvalue weighted by Gasteiger charge is -2.24. The van der Waals surface area contributed by atoms with Crippen LogP contribution in [0.1, 0.15) is 45.6 Å². The molecule has 0 unspecified atom stereocenters. The van der Waals surface area contributed by atoms with Crippen LogP contribution in [0.25, 0.3) is 0 Å². The number of hydrogen-bond acceptors (Lipinski definition) is 3. The van der Waals surface area contributed by atoms with Crippen molar-refractivity contribution in [3.05, 3.63) is 4.77 Å². The monoisotopic (exact) mass is 252 g/mol. The molecule has 94 valence electrons. The zero-order valence-corrected chi connectivity index (χ0v) is 11.3. The van der Waals surface area contributed by atoms with Gasteiger partial charge in [-0.2, -0.15) is 0 Å². The third-order valence-corrected chi connectivity index (χ3v) is 3.89. The van der Waals surface area contributed by atoms with Crippen LogP contribution in [-0.4, -0.2) is 27.4 Å². The van der Waals surface area contributed by atoms with Gasteiger partial charge in [0.1, 0.15) is 0 Å². The molecule has 1 aromatic rings. The van der Waals surface area contributed by atoms with E-state index in [1.807, 2.05) is 0 Å². The summed E-state index contributed by atoms with van der Waals surface area (Å²) in [6.45, 7) is 5.49. The second kappa shape index (κ2) is 4.12.